The number of nitrogens with zero attached hydrogens (tertiary/aromatic N) is 3. The van der Waals surface area contributed by atoms with Gasteiger partial charge in [-0.3, -0.25) is 19.5 Å². The van der Waals surface area contributed by atoms with E-state index in [-0.39, 0.29) is 25.0 Å². The second kappa shape index (κ2) is 11.5. The summed E-state index contributed by atoms with van der Waals surface area (Å²) in [6, 6.07) is 20.7. The summed E-state index contributed by atoms with van der Waals surface area (Å²) in [7, 11) is 3.28. The quantitative estimate of drug-likeness (QED) is 0.193. The zero-order valence-electron chi connectivity index (χ0n) is 23.8. The molecular formula is C34H31N3O5. The number of aromatic nitrogens is 2. The molecule has 42 heavy (non-hydrogen) atoms. The third-order valence-corrected chi connectivity index (χ3v) is 7.61. The first-order chi connectivity index (χ1) is 20.5. The van der Waals surface area contributed by atoms with Crippen LogP contribution in [0.5, 0.6) is 17.2 Å². The van der Waals surface area contributed by atoms with Crippen molar-refractivity contribution in [1.29, 1.82) is 0 Å². The molecule has 0 atom stereocenters. The van der Waals surface area contributed by atoms with Gasteiger partial charge in [-0.1, -0.05) is 43.7 Å². The molecule has 3 aromatic carbocycles. The number of pyridine rings is 2. The highest BCUT2D eigenvalue weighted by Crippen LogP contribution is 2.36. The summed E-state index contributed by atoms with van der Waals surface area (Å²) in [4.78, 5) is 36.5. The molecule has 6 rings (SSSR count). The van der Waals surface area contributed by atoms with Crippen LogP contribution in [-0.2, 0) is 12.8 Å². The molecule has 0 saturated heterocycles. The van der Waals surface area contributed by atoms with Crippen LogP contribution >= 0.6 is 0 Å². The molecule has 3 heterocycles. The number of benzene rings is 3. The van der Waals surface area contributed by atoms with E-state index in [1.807, 2.05) is 48.7 Å². The largest absolute Gasteiger partial charge is 0.493 e. The van der Waals surface area contributed by atoms with E-state index in [4.69, 9.17) is 24.2 Å². The second-order valence-electron chi connectivity index (χ2n) is 10.2. The average Bonchev–Trinajstić information content (AvgIpc) is 3.26. The van der Waals surface area contributed by atoms with Crippen LogP contribution < -0.4 is 14.2 Å². The van der Waals surface area contributed by atoms with E-state index in [0.717, 1.165) is 51.5 Å². The molecular weight excluding hydrogens is 530 g/mol. The maximum Gasteiger partial charge on any atom is 0.261 e. The Bertz CT molecular complexity index is 1800. The Balaban J connectivity index is 1.26. The summed E-state index contributed by atoms with van der Waals surface area (Å²) >= 11 is 0. The summed E-state index contributed by atoms with van der Waals surface area (Å²) in [5.74, 6) is 1.35. The first-order valence-electron chi connectivity index (χ1n) is 14.0. The summed E-state index contributed by atoms with van der Waals surface area (Å²) in [6.07, 6.45) is 4.33. The third kappa shape index (κ3) is 4.89. The molecule has 8 heteroatoms. The molecule has 1 aliphatic rings. The highest BCUT2D eigenvalue weighted by atomic mass is 16.5. The SMILES string of the molecule is CCCc1ncc(Cc2ccc3cccc(OCCN4C(=O)c5ccccc5C4=O)c3n2)c2cc(OC)c(OC)cc12. The number of amides is 2. The lowest BCUT2D eigenvalue weighted by molar-refractivity contribution is 0.0631. The van der Waals surface area contributed by atoms with Crippen LogP contribution in [0.2, 0.25) is 0 Å². The topological polar surface area (TPSA) is 90.9 Å². The molecule has 0 spiro atoms. The van der Waals surface area contributed by atoms with Gasteiger partial charge in [0.1, 0.15) is 17.9 Å². The Morgan fingerprint density at radius 1 is 0.810 bits per heavy atom. The number of ether oxygens (including phenoxy) is 3. The molecule has 1 aliphatic heterocycles. The number of methoxy groups -OCH3 is 2. The molecule has 5 aromatic rings. The van der Waals surface area contributed by atoms with Crippen molar-refractivity contribution in [3.8, 4) is 17.2 Å². The van der Waals surface area contributed by atoms with Crippen molar-refractivity contribution in [2.45, 2.75) is 26.2 Å². The molecule has 0 fully saturated rings. The number of imide groups is 1. The van der Waals surface area contributed by atoms with Gasteiger partial charge in [0.05, 0.1) is 31.9 Å². The van der Waals surface area contributed by atoms with Gasteiger partial charge >= 0.3 is 0 Å². The van der Waals surface area contributed by atoms with E-state index in [1.165, 1.54) is 4.90 Å². The van der Waals surface area contributed by atoms with Crippen molar-refractivity contribution in [1.82, 2.24) is 14.9 Å². The summed E-state index contributed by atoms with van der Waals surface area (Å²) in [5.41, 5.74) is 4.50. The minimum absolute atomic E-state index is 0.148. The van der Waals surface area contributed by atoms with E-state index in [0.29, 0.717) is 34.8 Å². The lowest BCUT2D eigenvalue weighted by atomic mass is 9.99. The summed E-state index contributed by atoms with van der Waals surface area (Å²) < 4.78 is 17.3. The lowest BCUT2D eigenvalue weighted by Gasteiger charge is -2.16. The summed E-state index contributed by atoms with van der Waals surface area (Å²) in [6.45, 7) is 2.45. The van der Waals surface area contributed by atoms with Crippen LogP contribution in [0.1, 0.15) is 51.0 Å². The fraction of sp³-hybridized carbons (Fsp3) is 0.235. The number of para-hydroxylation sites is 1. The highest BCUT2D eigenvalue weighted by Gasteiger charge is 2.34. The van der Waals surface area contributed by atoms with Gasteiger partial charge < -0.3 is 14.2 Å². The molecule has 0 N–H and O–H groups in total. The van der Waals surface area contributed by atoms with Crippen molar-refractivity contribution in [3.63, 3.8) is 0 Å². The molecule has 212 valence electrons. The van der Waals surface area contributed by atoms with Gasteiger partial charge in [0.15, 0.2) is 11.5 Å². The Morgan fingerprint density at radius 3 is 2.21 bits per heavy atom. The lowest BCUT2D eigenvalue weighted by Crippen LogP contribution is -2.33. The smallest absolute Gasteiger partial charge is 0.261 e. The minimum Gasteiger partial charge on any atom is -0.493 e. The Kier molecular flexibility index (Phi) is 7.44. The molecule has 0 radical (unpaired) electrons. The maximum atomic E-state index is 12.7. The molecule has 0 bridgehead atoms. The molecule has 2 amide bonds. The third-order valence-electron chi connectivity index (χ3n) is 7.61. The van der Waals surface area contributed by atoms with Gasteiger partial charge in [-0.15, -0.1) is 0 Å². The first kappa shape index (κ1) is 27.2. The van der Waals surface area contributed by atoms with Crippen LogP contribution in [0.3, 0.4) is 0 Å². The maximum absolute atomic E-state index is 12.7. The van der Waals surface area contributed by atoms with E-state index < -0.39 is 0 Å². The van der Waals surface area contributed by atoms with Gasteiger partial charge in [0, 0.05) is 34.8 Å². The molecule has 0 aliphatic carbocycles. The van der Waals surface area contributed by atoms with Gasteiger partial charge in [-0.05, 0) is 53.8 Å². The van der Waals surface area contributed by atoms with Gasteiger partial charge in [-0.2, -0.15) is 0 Å². The molecule has 0 unspecified atom stereocenters. The summed E-state index contributed by atoms with van der Waals surface area (Å²) in [5, 5.41) is 3.04. The predicted molar refractivity (Wildman–Crippen MR) is 161 cm³/mol. The number of carbonyl (C=O) groups excluding carboxylic acids is 2. The Morgan fingerprint density at radius 2 is 1.52 bits per heavy atom. The first-order valence-corrected chi connectivity index (χ1v) is 14.0. The second-order valence-corrected chi connectivity index (χ2v) is 10.2. The van der Waals surface area contributed by atoms with E-state index in [2.05, 4.69) is 6.92 Å². The number of rotatable bonds is 10. The van der Waals surface area contributed by atoms with Crippen LogP contribution in [0.4, 0.5) is 0 Å². The van der Waals surface area contributed by atoms with Crippen molar-refractivity contribution in [3.05, 3.63) is 101 Å². The number of aryl methyl sites for hydroxylation is 1. The molecule has 2 aromatic heterocycles. The zero-order valence-corrected chi connectivity index (χ0v) is 23.8. The van der Waals surface area contributed by atoms with Crippen molar-refractivity contribution in [2.75, 3.05) is 27.4 Å². The van der Waals surface area contributed by atoms with Crippen molar-refractivity contribution >= 4 is 33.5 Å². The Labute approximate surface area is 243 Å². The monoisotopic (exact) mass is 561 g/mol. The fourth-order valence-electron chi connectivity index (χ4n) is 5.51. The van der Waals surface area contributed by atoms with Gasteiger partial charge in [0.25, 0.3) is 11.8 Å². The van der Waals surface area contributed by atoms with Gasteiger partial charge in [-0.25, -0.2) is 4.98 Å². The van der Waals surface area contributed by atoms with Crippen LogP contribution in [-0.4, -0.2) is 54.1 Å². The normalized spacial score (nSPS) is 12.7. The Hall–Kier alpha value is -4.98. The van der Waals surface area contributed by atoms with Crippen molar-refractivity contribution < 1.29 is 23.8 Å². The molecule has 8 nitrogen and oxygen atoms in total. The fourth-order valence-corrected chi connectivity index (χ4v) is 5.51. The average molecular weight is 562 g/mol. The predicted octanol–water partition coefficient (Wildman–Crippen LogP) is 6.02. The van der Waals surface area contributed by atoms with E-state index in [1.54, 1.807) is 38.5 Å². The van der Waals surface area contributed by atoms with Crippen molar-refractivity contribution in [2.24, 2.45) is 0 Å². The number of hydrogen-bond acceptors (Lipinski definition) is 7. The van der Waals surface area contributed by atoms with E-state index in [9.17, 15) is 9.59 Å². The highest BCUT2D eigenvalue weighted by molar-refractivity contribution is 6.21. The zero-order chi connectivity index (χ0) is 29.2. The van der Waals surface area contributed by atoms with E-state index >= 15 is 0 Å². The van der Waals surface area contributed by atoms with Gasteiger partial charge in [0.2, 0.25) is 0 Å². The number of carbonyl (C=O) groups is 2. The molecule has 0 saturated carbocycles. The number of fused-ring (bicyclic) bond motifs is 3. The number of hydrogen-bond donors (Lipinski definition) is 0. The van der Waals surface area contributed by atoms with Crippen LogP contribution in [0.15, 0.2) is 72.9 Å². The van der Waals surface area contributed by atoms with Crippen LogP contribution in [0, 0.1) is 0 Å². The van der Waals surface area contributed by atoms with Crippen LogP contribution in [0.25, 0.3) is 21.7 Å². The minimum atomic E-state index is -0.294. The standard InChI is InChI=1S/C34H31N3O5/c1-4-8-28-27-19-31(41-3)30(40-2)18-26(27)22(20-35-28)17-23-14-13-21-9-7-12-29(32(21)36-23)42-16-15-37-33(38)24-10-5-6-11-25(24)34(37)39/h5-7,9-14,18-20H,4,8,15-17H2,1-3H3.